The number of benzene rings is 2. The molecule has 1 aromatic heterocycles. The van der Waals surface area contributed by atoms with E-state index in [1.807, 2.05) is 42.5 Å². The van der Waals surface area contributed by atoms with Crippen molar-refractivity contribution in [3.05, 3.63) is 59.4 Å². The molecule has 2 heterocycles. The smallest absolute Gasteiger partial charge is 0.251 e. The molecule has 0 radical (unpaired) electrons. The van der Waals surface area contributed by atoms with E-state index in [1.54, 1.807) is 7.11 Å². The lowest BCUT2D eigenvalue weighted by molar-refractivity contribution is 0.0951. The molecule has 0 atom stereocenters. The number of carbonyl (C=O) groups is 1. The minimum atomic E-state index is -0.0799. The van der Waals surface area contributed by atoms with Gasteiger partial charge in [-0.2, -0.15) is 0 Å². The van der Waals surface area contributed by atoms with E-state index in [4.69, 9.17) is 9.72 Å². The number of ether oxygens (including phenoxy) is 1. The lowest BCUT2D eigenvalue weighted by Gasteiger charge is -2.13. The summed E-state index contributed by atoms with van der Waals surface area (Å²) >= 11 is 0. The third-order valence-corrected chi connectivity index (χ3v) is 4.73. The number of aryl methyl sites for hydroxylation is 2. The third-order valence-electron chi connectivity index (χ3n) is 4.73. The van der Waals surface area contributed by atoms with Crippen LogP contribution >= 0.6 is 0 Å². The number of aromatic nitrogens is 2. The molecule has 0 spiro atoms. The summed E-state index contributed by atoms with van der Waals surface area (Å²) < 4.78 is 7.42. The van der Waals surface area contributed by atoms with Gasteiger partial charge in [0, 0.05) is 25.1 Å². The fraction of sp³-hybridized carbons (Fsp3) is 0.300. The second kappa shape index (κ2) is 6.59. The van der Waals surface area contributed by atoms with Crippen LogP contribution < -0.4 is 10.1 Å². The standard InChI is InChI=1S/C20H21N3O2/c1-25-16-8-5-14(6-9-16)13-21-20(24)15-7-10-18-17(12-15)22-19-4-2-3-11-23(18)19/h5-10,12H,2-4,11,13H2,1H3,(H,21,24). The highest BCUT2D eigenvalue weighted by molar-refractivity contribution is 5.97. The minimum Gasteiger partial charge on any atom is -0.497 e. The summed E-state index contributed by atoms with van der Waals surface area (Å²) in [6.07, 6.45) is 3.41. The molecule has 128 valence electrons. The Balaban J connectivity index is 1.49. The van der Waals surface area contributed by atoms with E-state index in [-0.39, 0.29) is 5.91 Å². The minimum absolute atomic E-state index is 0.0799. The van der Waals surface area contributed by atoms with Gasteiger partial charge in [-0.25, -0.2) is 4.98 Å². The van der Waals surface area contributed by atoms with Gasteiger partial charge in [-0.3, -0.25) is 4.79 Å². The molecule has 0 bridgehead atoms. The van der Waals surface area contributed by atoms with Crippen molar-refractivity contribution < 1.29 is 9.53 Å². The normalized spacial score (nSPS) is 13.5. The summed E-state index contributed by atoms with van der Waals surface area (Å²) in [5, 5.41) is 2.96. The number of fused-ring (bicyclic) bond motifs is 3. The van der Waals surface area contributed by atoms with E-state index in [0.29, 0.717) is 12.1 Å². The summed E-state index contributed by atoms with van der Waals surface area (Å²) in [4.78, 5) is 17.2. The van der Waals surface area contributed by atoms with Crippen molar-refractivity contribution >= 4 is 16.9 Å². The van der Waals surface area contributed by atoms with Crippen LogP contribution in [0.2, 0.25) is 0 Å². The van der Waals surface area contributed by atoms with Gasteiger partial charge in [0.25, 0.3) is 5.91 Å². The Hall–Kier alpha value is -2.82. The maximum atomic E-state index is 12.5. The fourth-order valence-electron chi connectivity index (χ4n) is 3.34. The monoisotopic (exact) mass is 335 g/mol. The van der Waals surface area contributed by atoms with Crippen LogP contribution in [0.25, 0.3) is 11.0 Å². The van der Waals surface area contributed by atoms with Gasteiger partial charge in [0.1, 0.15) is 11.6 Å². The first-order chi connectivity index (χ1) is 12.2. The van der Waals surface area contributed by atoms with Crippen LogP contribution in [-0.2, 0) is 19.5 Å². The van der Waals surface area contributed by atoms with Crippen molar-refractivity contribution in [2.24, 2.45) is 0 Å². The van der Waals surface area contributed by atoms with E-state index < -0.39 is 0 Å². The summed E-state index contributed by atoms with van der Waals surface area (Å²) in [6.45, 7) is 1.51. The van der Waals surface area contributed by atoms with E-state index in [9.17, 15) is 4.79 Å². The zero-order chi connectivity index (χ0) is 17.2. The Kier molecular flexibility index (Phi) is 4.14. The molecule has 1 amide bonds. The van der Waals surface area contributed by atoms with Crippen LogP contribution in [0.5, 0.6) is 5.75 Å². The molecule has 0 aliphatic carbocycles. The second-order valence-electron chi connectivity index (χ2n) is 6.37. The molecular formula is C20H21N3O2. The molecule has 4 rings (SSSR count). The summed E-state index contributed by atoms with van der Waals surface area (Å²) in [7, 11) is 1.64. The molecule has 0 saturated heterocycles. The highest BCUT2D eigenvalue weighted by Gasteiger charge is 2.16. The van der Waals surface area contributed by atoms with Crippen LogP contribution in [0.1, 0.15) is 34.6 Å². The van der Waals surface area contributed by atoms with Gasteiger partial charge in [0.05, 0.1) is 18.1 Å². The molecule has 2 aromatic carbocycles. The molecule has 0 fully saturated rings. The largest absolute Gasteiger partial charge is 0.497 e. The molecule has 5 heteroatoms. The van der Waals surface area contributed by atoms with Crippen molar-refractivity contribution in [3.63, 3.8) is 0 Å². The SMILES string of the molecule is COc1ccc(CNC(=O)c2ccc3c(c2)nc2n3CCCC2)cc1. The van der Waals surface area contributed by atoms with Gasteiger partial charge in [-0.15, -0.1) is 0 Å². The lowest BCUT2D eigenvalue weighted by Crippen LogP contribution is -2.22. The molecular weight excluding hydrogens is 314 g/mol. The molecule has 0 unspecified atom stereocenters. The topological polar surface area (TPSA) is 56.1 Å². The van der Waals surface area contributed by atoms with Crippen LogP contribution in [0, 0.1) is 0 Å². The number of amides is 1. The number of nitrogens with one attached hydrogen (secondary N) is 1. The first-order valence-electron chi connectivity index (χ1n) is 8.65. The summed E-state index contributed by atoms with van der Waals surface area (Å²) in [5.41, 5.74) is 3.72. The molecule has 5 nitrogen and oxygen atoms in total. The Labute approximate surface area is 146 Å². The number of imidazole rings is 1. The van der Waals surface area contributed by atoms with Crippen LogP contribution in [0.4, 0.5) is 0 Å². The summed E-state index contributed by atoms with van der Waals surface area (Å²) in [6, 6.07) is 13.5. The van der Waals surface area contributed by atoms with E-state index in [1.165, 1.54) is 12.8 Å². The molecule has 1 aliphatic heterocycles. The van der Waals surface area contributed by atoms with Gasteiger partial charge in [-0.1, -0.05) is 12.1 Å². The van der Waals surface area contributed by atoms with E-state index in [0.717, 1.165) is 41.1 Å². The molecule has 0 saturated carbocycles. The average Bonchev–Trinajstić information content (AvgIpc) is 3.04. The molecule has 25 heavy (non-hydrogen) atoms. The zero-order valence-electron chi connectivity index (χ0n) is 14.3. The van der Waals surface area contributed by atoms with Crippen molar-refractivity contribution in [3.8, 4) is 5.75 Å². The van der Waals surface area contributed by atoms with E-state index >= 15 is 0 Å². The summed E-state index contributed by atoms with van der Waals surface area (Å²) in [5.74, 6) is 1.87. The Morgan fingerprint density at radius 2 is 2.04 bits per heavy atom. The number of methoxy groups -OCH3 is 1. The zero-order valence-corrected chi connectivity index (χ0v) is 14.3. The predicted molar refractivity (Wildman–Crippen MR) is 96.8 cm³/mol. The maximum Gasteiger partial charge on any atom is 0.251 e. The first-order valence-corrected chi connectivity index (χ1v) is 8.65. The first kappa shape index (κ1) is 15.7. The number of carbonyl (C=O) groups excluding carboxylic acids is 1. The fourth-order valence-corrected chi connectivity index (χ4v) is 3.34. The number of hydrogen-bond donors (Lipinski definition) is 1. The van der Waals surface area contributed by atoms with Crippen molar-refractivity contribution in [2.45, 2.75) is 32.4 Å². The lowest BCUT2D eigenvalue weighted by atomic mass is 10.1. The Morgan fingerprint density at radius 3 is 2.84 bits per heavy atom. The van der Waals surface area contributed by atoms with Gasteiger partial charge < -0.3 is 14.6 Å². The number of hydrogen-bond acceptors (Lipinski definition) is 3. The van der Waals surface area contributed by atoms with Crippen LogP contribution in [-0.4, -0.2) is 22.6 Å². The second-order valence-corrected chi connectivity index (χ2v) is 6.37. The van der Waals surface area contributed by atoms with Gasteiger partial charge in [0.2, 0.25) is 0 Å². The van der Waals surface area contributed by atoms with Crippen molar-refractivity contribution in [1.82, 2.24) is 14.9 Å². The quantitative estimate of drug-likeness (QED) is 0.796. The Morgan fingerprint density at radius 1 is 1.20 bits per heavy atom. The van der Waals surface area contributed by atoms with Gasteiger partial charge >= 0.3 is 0 Å². The van der Waals surface area contributed by atoms with Crippen molar-refractivity contribution in [2.75, 3.05) is 7.11 Å². The maximum absolute atomic E-state index is 12.5. The van der Waals surface area contributed by atoms with Crippen LogP contribution in [0.3, 0.4) is 0 Å². The Bertz CT molecular complexity index is 913. The molecule has 1 N–H and O–H groups in total. The predicted octanol–water partition coefficient (Wildman–Crippen LogP) is 3.31. The molecule has 1 aliphatic rings. The number of nitrogens with zero attached hydrogens (tertiary/aromatic N) is 2. The van der Waals surface area contributed by atoms with E-state index in [2.05, 4.69) is 9.88 Å². The van der Waals surface area contributed by atoms with Gasteiger partial charge in [-0.05, 0) is 48.7 Å². The highest BCUT2D eigenvalue weighted by atomic mass is 16.5. The van der Waals surface area contributed by atoms with Gasteiger partial charge in [0.15, 0.2) is 0 Å². The third kappa shape index (κ3) is 3.09. The highest BCUT2D eigenvalue weighted by Crippen LogP contribution is 2.23. The van der Waals surface area contributed by atoms with Crippen molar-refractivity contribution in [1.29, 1.82) is 0 Å². The molecule has 3 aromatic rings. The average molecular weight is 335 g/mol. The van der Waals surface area contributed by atoms with Crippen LogP contribution in [0.15, 0.2) is 42.5 Å². The number of rotatable bonds is 4.